The Morgan fingerprint density at radius 1 is 1.35 bits per heavy atom. The molecule has 0 aliphatic carbocycles. The second-order valence-electron chi connectivity index (χ2n) is 4.64. The maximum atomic E-state index is 11.3. The van der Waals surface area contributed by atoms with Gasteiger partial charge in [-0.05, 0) is 38.1 Å². The molecule has 6 nitrogen and oxygen atoms in total. The van der Waals surface area contributed by atoms with Crippen LogP contribution in [0.25, 0.3) is 0 Å². The van der Waals surface area contributed by atoms with Crippen molar-refractivity contribution in [2.24, 2.45) is 0 Å². The predicted octanol–water partition coefficient (Wildman–Crippen LogP) is 2.45. The number of nitrogens with zero attached hydrogens (tertiary/aromatic N) is 2. The molecule has 0 spiro atoms. The molecule has 2 rings (SSSR count). The third-order valence-electron chi connectivity index (χ3n) is 2.79. The van der Waals surface area contributed by atoms with Gasteiger partial charge in [0, 0.05) is 11.6 Å². The van der Waals surface area contributed by atoms with Crippen molar-refractivity contribution < 1.29 is 19.7 Å². The topological polar surface area (TPSA) is 84.6 Å². The minimum atomic E-state index is -1.03. The first kappa shape index (κ1) is 13.9. The molecular weight excluding hydrogens is 260 g/mol. The summed E-state index contributed by atoms with van der Waals surface area (Å²) < 4.78 is 6.96. The van der Waals surface area contributed by atoms with E-state index in [1.54, 1.807) is 12.1 Å². The monoisotopic (exact) mass is 276 g/mol. The molecule has 1 aromatic carbocycles. The average molecular weight is 276 g/mol. The number of carboxylic acid groups (broad SMARTS) is 1. The van der Waals surface area contributed by atoms with Crippen molar-refractivity contribution in [3.8, 4) is 11.5 Å². The fraction of sp³-hybridized carbons (Fsp3) is 0.286. The van der Waals surface area contributed by atoms with Crippen molar-refractivity contribution in [3.05, 3.63) is 41.7 Å². The Balaban J connectivity index is 2.17. The van der Waals surface area contributed by atoms with Crippen LogP contribution in [0.5, 0.6) is 11.5 Å². The standard InChI is InChI=1S/C14H16N2O4/c1-9(2)16-13(14(18)19)10(7-15-16)8-20-12-5-3-11(17)4-6-12/h3-7,9,17H,8H2,1-2H3,(H,18,19). The Hall–Kier alpha value is -2.50. The van der Waals surface area contributed by atoms with Gasteiger partial charge in [0.2, 0.25) is 0 Å². The van der Waals surface area contributed by atoms with Gasteiger partial charge in [0.15, 0.2) is 5.69 Å². The van der Waals surface area contributed by atoms with Gasteiger partial charge in [-0.15, -0.1) is 0 Å². The second kappa shape index (κ2) is 5.64. The summed E-state index contributed by atoms with van der Waals surface area (Å²) >= 11 is 0. The van der Waals surface area contributed by atoms with Crippen LogP contribution in [0.3, 0.4) is 0 Å². The summed E-state index contributed by atoms with van der Waals surface area (Å²) in [5, 5.41) is 22.5. The summed E-state index contributed by atoms with van der Waals surface area (Å²) in [6, 6.07) is 6.20. The van der Waals surface area contributed by atoms with Gasteiger partial charge in [0.05, 0.1) is 6.20 Å². The van der Waals surface area contributed by atoms with E-state index >= 15 is 0 Å². The molecule has 0 amide bonds. The minimum Gasteiger partial charge on any atom is -0.508 e. The number of aromatic nitrogens is 2. The molecule has 0 unspecified atom stereocenters. The van der Waals surface area contributed by atoms with Crippen LogP contribution in [0.4, 0.5) is 0 Å². The van der Waals surface area contributed by atoms with Gasteiger partial charge in [-0.1, -0.05) is 0 Å². The van der Waals surface area contributed by atoms with E-state index < -0.39 is 5.97 Å². The molecule has 106 valence electrons. The van der Waals surface area contributed by atoms with Crippen LogP contribution < -0.4 is 4.74 Å². The molecular formula is C14H16N2O4. The molecule has 0 aliphatic heterocycles. The van der Waals surface area contributed by atoms with Crippen LogP contribution in [0.15, 0.2) is 30.5 Å². The zero-order chi connectivity index (χ0) is 14.7. The van der Waals surface area contributed by atoms with Crippen LogP contribution in [0.1, 0.15) is 35.9 Å². The number of aromatic carboxylic acids is 1. The zero-order valence-electron chi connectivity index (χ0n) is 11.3. The smallest absolute Gasteiger partial charge is 0.354 e. The maximum Gasteiger partial charge on any atom is 0.354 e. The molecule has 0 radical (unpaired) electrons. The molecule has 0 atom stereocenters. The van der Waals surface area contributed by atoms with E-state index in [-0.39, 0.29) is 24.1 Å². The normalized spacial score (nSPS) is 10.8. The highest BCUT2D eigenvalue weighted by Crippen LogP contribution is 2.19. The van der Waals surface area contributed by atoms with Crippen molar-refractivity contribution in [2.75, 3.05) is 0 Å². The lowest BCUT2D eigenvalue weighted by Crippen LogP contribution is -2.14. The number of carbonyl (C=O) groups is 1. The minimum absolute atomic E-state index is 0.0384. The molecule has 20 heavy (non-hydrogen) atoms. The first-order valence-corrected chi connectivity index (χ1v) is 6.20. The van der Waals surface area contributed by atoms with E-state index in [1.807, 2.05) is 13.8 Å². The quantitative estimate of drug-likeness (QED) is 0.876. The summed E-state index contributed by atoms with van der Waals surface area (Å²) in [5.41, 5.74) is 0.651. The van der Waals surface area contributed by atoms with Crippen LogP contribution in [-0.4, -0.2) is 26.0 Å². The summed E-state index contributed by atoms with van der Waals surface area (Å²) in [5.74, 6) is -0.326. The number of ether oxygens (including phenoxy) is 1. The van der Waals surface area contributed by atoms with Gasteiger partial charge in [0.25, 0.3) is 0 Å². The summed E-state index contributed by atoms with van der Waals surface area (Å²) in [6.07, 6.45) is 1.50. The fourth-order valence-electron chi connectivity index (χ4n) is 1.83. The molecule has 0 saturated carbocycles. The molecule has 2 aromatic rings. The van der Waals surface area contributed by atoms with Gasteiger partial charge in [-0.2, -0.15) is 5.10 Å². The number of carboxylic acids is 1. The van der Waals surface area contributed by atoms with Crippen molar-refractivity contribution >= 4 is 5.97 Å². The van der Waals surface area contributed by atoms with Crippen LogP contribution in [0.2, 0.25) is 0 Å². The first-order valence-electron chi connectivity index (χ1n) is 6.20. The Morgan fingerprint density at radius 3 is 2.55 bits per heavy atom. The maximum absolute atomic E-state index is 11.3. The number of phenols is 1. The summed E-state index contributed by atoms with van der Waals surface area (Å²) in [4.78, 5) is 11.3. The highest BCUT2D eigenvalue weighted by molar-refractivity contribution is 5.87. The number of benzene rings is 1. The van der Waals surface area contributed by atoms with Crippen molar-refractivity contribution in [3.63, 3.8) is 0 Å². The Bertz CT molecular complexity index is 602. The van der Waals surface area contributed by atoms with Crippen molar-refractivity contribution in [1.82, 2.24) is 9.78 Å². The van der Waals surface area contributed by atoms with E-state index in [0.717, 1.165) is 0 Å². The number of hydrogen-bond donors (Lipinski definition) is 2. The molecule has 1 aromatic heterocycles. The van der Waals surface area contributed by atoms with Gasteiger partial charge >= 0.3 is 5.97 Å². The highest BCUT2D eigenvalue weighted by Gasteiger charge is 2.19. The van der Waals surface area contributed by atoms with Crippen LogP contribution >= 0.6 is 0 Å². The molecule has 1 heterocycles. The van der Waals surface area contributed by atoms with E-state index in [4.69, 9.17) is 4.74 Å². The van der Waals surface area contributed by atoms with Crippen LogP contribution in [-0.2, 0) is 6.61 Å². The Morgan fingerprint density at radius 2 is 2.00 bits per heavy atom. The number of phenolic OH excluding ortho intramolecular Hbond substituents is 1. The zero-order valence-corrected chi connectivity index (χ0v) is 11.3. The van der Waals surface area contributed by atoms with Gasteiger partial charge in [-0.3, -0.25) is 4.68 Å². The number of hydrogen-bond acceptors (Lipinski definition) is 4. The molecule has 0 saturated heterocycles. The largest absolute Gasteiger partial charge is 0.508 e. The molecule has 0 bridgehead atoms. The van der Waals surface area contributed by atoms with Gasteiger partial charge < -0.3 is 14.9 Å². The lowest BCUT2D eigenvalue weighted by Gasteiger charge is -2.10. The summed E-state index contributed by atoms with van der Waals surface area (Å²) in [7, 11) is 0. The van der Waals surface area contributed by atoms with Gasteiger partial charge in [0.1, 0.15) is 18.1 Å². The number of rotatable bonds is 5. The van der Waals surface area contributed by atoms with E-state index in [9.17, 15) is 15.0 Å². The van der Waals surface area contributed by atoms with E-state index in [0.29, 0.717) is 11.3 Å². The highest BCUT2D eigenvalue weighted by atomic mass is 16.5. The van der Waals surface area contributed by atoms with E-state index in [2.05, 4.69) is 5.10 Å². The number of aromatic hydroxyl groups is 1. The van der Waals surface area contributed by atoms with E-state index in [1.165, 1.54) is 23.0 Å². The lowest BCUT2D eigenvalue weighted by atomic mass is 10.2. The predicted molar refractivity (Wildman–Crippen MR) is 72.0 cm³/mol. The Labute approximate surface area is 116 Å². The third-order valence-corrected chi connectivity index (χ3v) is 2.79. The van der Waals surface area contributed by atoms with Crippen molar-refractivity contribution in [2.45, 2.75) is 26.5 Å². The molecule has 2 N–H and O–H groups in total. The first-order chi connectivity index (χ1) is 9.49. The second-order valence-corrected chi connectivity index (χ2v) is 4.64. The van der Waals surface area contributed by atoms with Crippen LogP contribution in [0, 0.1) is 0 Å². The van der Waals surface area contributed by atoms with Crippen molar-refractivity contribution in [1.29, 1.82) is 0 Å². The molecule has 0 fully saturated rings. The van der Waals surface area contributed by atoms with Gasteiger partial charge in [-0.25, -0.2) is 4.79 Å². The lowest BCUT2D eigenvalue weighted by molar-refractivity contribution is 0.0678. The molecule has 0 aliphatic rings. The SMILES string of the molecule is CC(C)n1ncc(COc2ccc(O)cc2)c1C(=O)O. The fourth-order valence-corrected chi connectivity index (χ4v) is 1.83. The third kappa shape index (κ3) is 2.90. The molecule has 6 heteroatoms. The average Bonchev–Trinajstić information content (AvgIpc) is 2.82. The Kier molecular flexibility index (Phi) is 3.93. The summed E-state index contributed by atoms with van der Waals surface area (Å²) in [6.45, 7) is 3.84.